The Morgan fingerprint density at radius 2 is 2.08 bits per heavy atom. The Kier molecular flexibility index (Phi) is 6.63. The highest BCUT2D eigenvalue weighted by atomic mass is 35.5. The highest BCUT2D eigenvalue weighted by molar-refractivity contribution is 6.31. The molecule has 0 saturated heterocycles. The van der Waals surface area contributed by atoms with Crippen molar-refractivity contribution >= 4 is 34.4 Å². The molecule has 2 aromatic rings. The SMILES string of the molecule is COC(=O)CC(NCCCc1c[nH]c2ccc(Cl)cc12)C(=O)OC. The van der Waals surface area contributed by atoms with Gasteiger partial charge in [0, 0.05) is 22.1 Å². The number of carbonyl (C=O) groups excluding carboxylic acids is 2. The number of esters is 2. The number of hydrogen-bond acceptors (Lipinski definition) is 5. The van der Waals surface area contributed by atoms with Gasteiger partial charge in [-0.15, -0.1) is 0 Å². The molecule has 0 bridgehead atoms. The molecule has 130 valence electrons. The summed E-state index contributed by atoms with van der Waals surface area (Å²) in [5.74, 6) is -0.927. The molecule has 2 rings (SSSR count). The van der Waals surface area contributed by atoms with Crippen molar-refractivity contribution in [1.82, 2.24) is 10.3 Å². The third-order valence-corrected chi connectivity index (χ3v) is 4.06. The summed E-state index contributed by atoms with van der Waals surface area (Å²) in [4.78, 5) is 26.3. The second-order valence-electron chi connectivity index (χ2n) is 5.42. The fraction of sp³-hybridized carbons (Fsp3) is 0.412. The summed E-state index contributed by atoms with van der Waals surface area (Å²) in [6.07, 6.45) is 3.53. The van der Waals surface area contributed by atoms with Gasteiger partial charge in [0.25, 0.3) is 0 Å². The van der Waals surface area contributed by atoms with Crippen LogP contribution < -0.4 is 5.32 Å². The van der Waals surface area contributed by atoms with E-state index in [1.807, 2.05) is 24.4 Å². The summed E-state index contributed by atoms with van der Waals surface area (Å²) < 4.78 is 9.30. The largest absolute Gasteiger partial charge is 0.469 e. The predicted molar refractivity (Wildman–Crippen MR) is 92.1 cm³/mol. The quantitative estimate of drug-likeness (QED) is 0.563. The average molecular weight is 353 g/mol. The van der Waals surface area contributed by atoms with Crippen LogP contribution in [-0.4, -0.2) is 43.7 Å². The Balaban J connectivity index is 1.88. The van der Waals surface area contributed by atoms with E-state index in [1.54, 1.807) is 0 Å². The van der Waals surface area contributed by atoms with E-state index in [1.165, 1.54) is 14.2 Å². The molecule has 1 aromatic heterocycles. The Morgan fingerprint density at radius 3 is 2.79 bits per heavy atom. The molecule has 0 aliphatic heterocycles. The molecule has 1 unspecified atom stereocenters. The lowest BCUT2D eigenvalue weighted by atomic mass is 10.1. The molecule has 1 heterocycles. The van der Waals surface area contributed by atoms with E-state index in [4.69, 9.17) is 16.3 Å². The van der Waals surface area contributed by atoms with Crippen molar-refractivity contribution in [2.45, 2.75) is 25.3 Å². The number of fused-ring (bicyclic) bond motifs is 1. The van der Waals surface area contributed by atoms with Gasteiger partial charge in [0.1, 0.15) is 6.04 Å². The van der Waals surface area contributed by atoms with Crippen LogP contribution in [-0.2, 0) is 25.5 Å². The van der Waals surface area contributed by atoms with Crippen LogP contribution in [0.2, 0.25) is 5.02 Å². The fourth-order valence-corrected chi connectivity index (χ4v) is 2.72. The minimum Gasteiger partial charge on any atom is -0.469 e. The summed E-state index contributed by atoms with van der Waals surface area (Å²) in [6.45, 7) is 0.573. The fourth-order valence-electron chi connectivity index (χ4n) is 2.54. The topological polar surface area (TPSA) is 80.4 Å². The van der Waals surface area contributed by atoms with Crippen LogP contribution in [0, 0.1) is 0 Å². The Morgan fingerprint density at radius 1 is 1.29 bits per heavy atom. The van der Waals surface area contributed by atoms with Gasteiger partial charge in [-0.05, 0) is 43.1 Å². The minimum absolute atomic E-state index is 0.0497. The van der Waals surface area contributed by atoms with Crippen molar-refractivity contribution in [3.63, 3.8) is 0 Å². The number of ether oxygens (including phenoxy) is 2. The Labute approximate surface area is 145 Å². The lowest BCUT2D eigenvalue weighted by molar-refractivity contribution is -0.149. The molecule has 0 spiro atoms. The van der Waals surface area contributed by atoms with Crippen molar-refractivity contribution in [3.8, 4) is 0 Å². The second kappa shape index (κ2) is 8.70. The molecule has 1 atom stereocenters. The highest BCUT2D eigenvalue weighted by Crippen LogP contribution is 2.23. The van der Waals surface area contributed by atoms with Crippen LogP contribution in [0.25, 0.3) is 10.9 Å². The highest BCUT2D eigenvalue weighted by Gasteiger charge is 2.22. The Bertz CT molecular complexity index is 714. The molecule has 0 radical (unpaired) electrons. The molecular formula is C17H21ClN2O4. The van der Waals surface area contributed by atoms with Crippen molar-refractivity contribution in [3.05, 3.63) is 35.0 Å². The zero-order valence-corrected chi connectivity index (χ0v) is 14.5. The zero-order valence-electron chi connectivity index (χ0n) is 13.7. The molecule has 24 heavy (non-hydrogen) atoms. The predicted octanol–water partition coefficient (Wildman–Crippen LogP) is 2.45. The second-order valence-corrected chi connectivity index (χ2v) is 5.85. The monoisotopic (exact) mass is 352 g/mol. The molecular weight excluding hydrogens is 332 g/mol. The van der Waals surface area contributed by atoms with E-state index >= 15 is 0 Å². The van der Waals surface area contributed by atoms with Crippen molar-refractivity contribution in [2.24, 2.45) is 0 Å². The standard InChI is InChI=1S/C17H21ClN2O4/c1-23-16(21)9-15(17(22)24-2)19-7-3-4-11-10-20-14-6-5-12(18)8-13(11)14/h5-6,8,10,15,19-20H,3-4,7,9H2,1-2H3. The molecule has 1 aromatic carbocycles. The van der Waals surface area contributed by atoms with Crippen molar-refractivity contribution in [1.29, 1.82) is 0 Å². The van der Waals surface area contributed by atoms with Crippen molar-refractivity contribution in [2.75, 3.05) is 20.8 Å². The molecule has 7 heteroatoms. The number of nitrogens with one attached hydrogen (secondary N) is 2. The number of benzene rings is 1. The maximum absolute atomic E-state index is 11.7. The molecule has 0 amide bonds. The van der Waals surface area contributed by atoms with Crippen LogP contribution >= 0.6 is 11.6 Å². The van der Waals surface area contributed by atoms with Gasteiger partial charge in [0.15, 0.2) is 0 Å². The van der Waals surface area contributed by atoms with E-state index < -0.39 is 18.0 Å². The molecule has 2 N–H and O–H groups in total. The average Bonchev–Trinajstić information content (AvgIpc) is 2.98. The normalized spacial score (nSPS) is 12.1. The zero-order chi connectivity index (χ0) is 17.5. The van der Waals surface area contributed by atoms with Gasteiger partial charge in [0.2, 0.25) is 0 Å². The first-order valence-electron chi connectivity index (χ1n) is 7.68. The number of carbonyl (C=O) groups is 2. The third-order valence-electron chi connectivity index (χ3n) is 3.83. The first kappa shape index (κ1) is 18.3. The lowest BCUT2D eigenvalue weighted by Crippen LogP contribution is -2.40. The van der Waals surface area contributed by atoms with E-state index in [9.17, 15) is 9.59 Å². The van der Waals surface area contributed by atoms with Gasteiger partial charge < -0.3 is 19.8 Å². The van der Waals surface area contributed by atoms with E-state index in [-0.39, 0.29) is 6.42 Å². The van der Waals surface area contributed by atoms with Gasteiger partial charge in [-0.1, -0.05) is 11.6 Å². The van der Waals surface area contributed by atoms with E-state index in [0.29, 0.717) is 11.6 Å². The van der Waals surface area contributed by atoms with Crippen LogP contribution in [0.3, 0.4) is 0 Å². The van der Waals surface area contributed by atoms with Crippen LogP contribution in [0.1, 0.15) is 18.4 Å². The van der Waals surface area contributed by atoms with Gasteiger partial charge in [-0.3, -0.25) is 9.59 Å². The lowest BCUT2D eigenvalue weighted by Gasteiger charge is -2.15. The maximum atomic E-state index is 11.7. The summed E-state index contributed by atoms with van der Waals surface area (Å²) in [5, 5.41) is 4.84. The third kappa shape index (κ3) is 4.72. The number of aromatic amines is 1. The summed E-state index contributed by atoms with van der Waals surface area (Å²) in [6, 6.07) is 5.03. The number of aromatic nitrogens is 1. The summed E-state index contributed by atoms with van der Waals surface area (Å²) in [5.41, 5.74) is 2.21. The minimum atomic E-state index is -0.695. The number of rotatable bonds is 8. The number of hydrogen-bond donors (Lipinski definition) is 2. The van der Waals surface area contributed by atoms with Crippen molar-refractivity contribution < 1.29 is 19.1 Å². The molecule has 0 fully saturated rings. The van der Waals surface area contributed by atoms with Crippen LogP contribution in [0.15, 0.2) is 24.4 Å². The van der Waals surface area contributed by atoms with E-state index in [0.717, 1.165) is 29.3 Å². The maximum Gasteiger partial charge on any atom is 0.323 e. The first-order valence-corrected chi connectivity index (χ1v) is 8.06. The molecule has 0 aliphatic carbocycles. The molecule has 0 aliphatic rings. The number of halogens is 1. The summed E-state index contributed by atoms with van der Waals surface area (Å²) in [7, 11) is 2.59. The van der Waals surface area contributed by atoms with Gasteiger partial charge in [-0.25, -0.2) is 0 Å². The number of H-pyrrole nitrogens is 1. The van der Waals surface area contributed by atoms with E-state index in [2.05, 4.69) is 15.0 Å². The van der Waals surface area contributed by atoms with Crippen LogP contribution in [0.4, 0.5) is 0 Å². The van der Waals surface area contributed by atoms with Gasteiger partial charge in [-0.2, -0.15) is 0 Å². The number of methoxy groups -OCH3 is 2. The molecule has 6 nitrogen and oxygen atoms in total. The van der Waals surface area contributed by atoms with Crippen LogP contribution in [0.5, 0.6) is 0 Å². The van der Waals surface area contributed by atoms with Gasteiger partial charge >= 0.3 is 11.9 Å². The summed E-state index contributed by atoms with van der Waals surface area (Å²) >= 11 is 6.04. The Hall–Kier alpha value is -2.05. The number of aryl methyl sites for hydroxylation is 1. The smallest absolute Gasteiger partial charge is 0.323 e. The van der Waals surface area contributed by atoms with Gasteiger partial charge in [0.05, 0.1) is 20.6 Å². The first-order chi connectivity index (χ1) is 11.5. The molecule has 0 saturated carbocycles.